The number of hydrogen-bond donors (Lipinski definition) is 6. The molecule has 2 aromatic heterocycles. The van der Waals surface area contributed by atoms with E-state index in [2.05, 4.69) is 0 Å². The van der Waals surface area contributed by atoms with Crippen LogP contribution in [0.25, 0.3) is 23.0 Å². The van der Waals surface area contributed by atoms with Gasteiger partial charge in [-0.15, -0.1) is 0 Å². The number of rotatable bonds is 9. The number of carbonyl (C=O) groups is 1. The molecule has 0 aliphatic carbocycles. The lowest BCUT2D eigenvalue weighted by Crippen LogP contribution is -2.77. The lowest BCUT2D eigenvalue weighted by atomic mass is 9.97. The smallest absolute Gasteiger partial charge is 0.278 e. The van der Waals surface area contributed by atoms with E-state index in [1.54, 1.807) is 25.6 Å². The van der Waals surface area contributed by atoms with E-state index in [0.717, 1.165) is 27.3 Å². The van der Waals surface area contributed by atoms with Gasteiger partial charge in [0.25, 0.3) is 5.91 Å². The van der Waals surface area contributed by atoms with Crippen molar-refractivity contribution in [3.05, 3.63) is 51.4 Å². The standard InChI is InChI=1S/C26H37N9O4S/c1-14(2)8-15-9-17-20(10-19(15)37-5)38-11-18-21(33-34(22(17)18)16-6-7-40-12-16)23(36)35(25(27,28)29)24(3,4)13-39-26(30,31)32/h6-10,12H,11,13,27-32H2,1-5H3. The number of aromatic nitrogens is 2. The van der Waals surface area contributed by atoms with Gasteiger partial charge in [0.15, 0.2) is 5.69 Å². The Morgan fingerprint density at radius 1 is 1.20 bits per heavy atom. The highest BCUT2D eigenvalue weighted by Gasteiger charge is 2.44. The van der Waals surface area contributed by atoms with E-state index in [-0.39, 0.29) is 18.9 Å². The Morgan fingerprint density at radius 3 is 2.45 bits per heavy atom. The molecule has 13 nitrogen and oxygen atoms in total. The number of thiophene rings is 1. The van der Waals surface area contributed by atoms with Crippen molar-refractivity contribution in [3.8, 4) is 28.4 Å². The van der Waals surface area contributed by atoms with Crippen molar-refractivity contribution < 1.29 is 19.0 Å². The van der Waals surface area contributed by atoms with Crippen molar-refractivity contribution in [1.29, 1.82) is 0 Å². The van der Waals surface area contributed by atoms with Gasteiger partial charge in [0.1, 0.15) is 18.1 Å². The van der Waals surface area contributed by atoms with Gasteiger partial charge in [0.05, 0.1) is 30.6 Å². The molecule has 3 heterocycles. The molecule has 40 heavy (non-hydrogen) atoms. The van der Waals surface area contributed by atoms with E-state index in [1.165, 1.54) is 11.3 Å². The molecule has 216 valence electrons. The van der Waals surface area contributed by atoms with Crippen LogP contribution in [0.5, 0.6) is 11.5 Å². The van der Waals surface area contributed by atoms with Gasteiger partial charge in [-0.3, -0.25) is 44.1 Å². The van der Waals surface area contributed by atoms with Crippen molar-refractivity contribution in [1.82, 2.24) is 14.7 Å². The third kappa shape index (κ3) is 5.89. The van der Waals surface area contributed by atoms with E-state index < -0.39 is 23.3 Å². The number of fused-ring (bicyclic) bond motifs is 3. The zero-order valence-electron chi connectivity index (χ0n) is 23.2. The monoisotopic (exact) mass is 571 g/mol. The second-order valence-corrected chi connectivity index (χ2v) is 11.4. The van der Waals surface area contributed by atoms with Gasteiger partial charge in [0.2, 0.25) is 11.9 Å². The fourth-order valence-electron chi connectivity index (χ4n) is 4.68. The third-order valence-corrected chi connectivity index (χ3v) is 6.88. The van der Waals surface area contributed by atoms with Gasteiger partial charge in [-0.25, -0.2) is 4.68 Å². The summed E-state index contributed by atoms with van der Waals surface area (Å²) in [6.07, 6.45) is 2.01. The second kappa shape index (κ2) is 10.6. The highest BCUT2D eigenvalue weighted by Crippen LogP contribution is 2.44. The Hall–Kier alpha value is -3.34. The number of amides is 1. The zero-order chi connectivity index (χ0) is 29.6. The molecule has 0 atom stereocenters. The number of carbonyl (C=O) groups excluding carboxylic acids is 1. The predicted molar refractivity (Wildman–Crippen MR) is 154 cm³/mol. The molecule has 0 unspecified atom stereocenters. The highest BCUT2D eigenvalue weighted by molar-refractivity contribution is 7.08. The summed E-state index contributed by atoms with van der Waals surface area (Å²) in [6, 6.07) is 5.69. The van der Waals surface area contributed by atoms with Gasteiger partial charge in [-0.05, 0) is 45.2 Å². The molecule has 3 aromatic rings. The van der Waals surface area contributed by atoms with Crippen molar-refractivity contribution in [2.45, 2.75) is 51.7 Å². The molecule has 0 bridgehead atoms. The number of methoxy groups -OCH3 is 1. The highest BCUT2D eigenvalue weighted by atomic mass is 32.1. The van der Waals surface area contributed by atoms with Gasteiger partial charge in [-0.2, -0.15) is 16.4 Å². The molecule has 1 aliphatic rings. The maximum atomic E-state index is 14.2. The summed E-state index contributed by atoms with van der Waals surface area (Å²) in [6.45, 7) is 7.10. The van der Waals surface area contributed by atoms with Crippen LogP contribution in [-0.2, 0) is 11.3 Å². The maximum Gasteiger partial charge on any atom is 0.278 e. The van der Waals surface area contributed by atoms with Gasteiger partial charge in [0, 0.05) is 28.1 Å². The first-order chi connectivity index (χ1) is 18.5. The molecular formula is C26H37N9O4S. The van der Waals surface area contributed by atoms with Crippen LogP contribution in [0.15, 0.2) is 34.5 Å². The number of hydrogen-bond acceptors (Lipinski definition) is 12. The van der Waals surface area contributed by atoms with Crippen LogP contribution in [-0.4, -0.2) is 51.7 Å². The largest absolute Gasteiger partial charge is 0.496 e. The molecular weight excluding hydrogens is 534 g/mol. The van der Waals surface area contributed by atoms with Gasteiger partial charge in [-0.1, -0.05) is 11.6 Å². The summed E-state index contributed by atoms with van der Waals surface area (Å²) in [5.74, 6) is -3.46. The topological polar surface area (TPSA) is 222 Å². The second-order valence-electron chi connectivity index (χ2n) is 10.7. The van der Waals surface area contributed by atoms with Crippen molar-refractivity contribution in [2.75, 3.05) is 13.7 Å². The molecule has 0 fully saturated rings. The number of nitrogens with zero attached hydrogens (tertiary/aromatic N) is 3. The minimum absolute atomic E-state index is 0.0493. The van der Waals surface area contributed by atoms with E-state index in [1.807, 2.05) is 48.9 Å². The quantitative estimate of drug-likeness (QED) is 0.200. The Labute approximate surface area is 236 Å². The molecule has 0 saturated carbocycles. The first kappa shape index (κ1) is 29.6. The lowest BCUT2D eigenvalue weighted by molar-refractivity contribution is -0.0925. The maximum absolute atomic E-state index is 14.2. The number of ether oxygens (including phenoxy) is 3. The van der Waals surface area contributed by atoms with Gasteiger partial charge >= 0.3 is 0 Å². The van der Waals surface area contributed by atoms with E-state index >= 15 is 0 Å². The van der Waals surface area contributed by atoms with Gasteiger partial charge < -0.3 is 14.2 Å². The number of nitrogens with two attached hydrogens (primary N) is 6. The normalized spacial score (nSPS) is 13.3. The molecule has 12 N–H and O–H groups in total. The van der Waals surface area contributed by atoms with Crippen LogP contribution in [0, 0.1) is 0 Å². The first-order valence-corrected chi connectivity index (χ1v) is 13.3. The summed E-state index contributed by atoms with van der Waals surface area (Å²) in [4.78, 5) is 15.3. The SMILES string of the molecule is COc1cc2c(cc1C=C(C)C)-c1c(c(C(=O)N(C(N)(N)N)C(C)(C)COC(N)(N)N)nn1-c1ccsc1)CO2. The average molecular weight is 572 g/mol. The number of benzene rings is 1. The fraction of sp³-hybridized carbons (Fsp3) is 0.385. The van der Waals surface area contributed by atoms with E-state index in [9.17, 15) is 4.79 Å². The fourth-order valence-corrected chi connectivity index (χ4v) is 5.29. The average Bonchev–Trinajstić information content (AvgIpc) is 3.48. The summed E-state index contributed by atoms with van der Waals surface area (Å²) >= 11 is 1.50. The summed E-state index contributed by atoms with van der Waals surface area (Å²) in [5, 5.41) is 8.59. The van der Waals surface area contributed by atoms with Crippen molar-refractivity contribution in [2.24, 2.45) is 34.4 Å². The van der Waals surface area contributed by atoms with Crippen molar-refractivity contribution >= 4 is 23.3 Å². The Balaban J connectivity index is 1.92. The van der Waals surface area contributed by atoms with Crippen molar-refractivity contribution in [3.63, 3.8) is 0 Å². The minimum Gasteiger partial charge on any atom is -0.496 e. The molecule has 14 heteroatoms. The summed E-state index contributed by atoms with van der Waals surface area (Å²) < 4.78 is 18.8. The molecule has 1 aliphatic heterocycles. The summed E-state index contributed by atoms with van der Waals surface area (Å²) in [5.41, 5.74) is 38.6. The molecule has 4 rings (SSSR count). The van der Waals surface area contributed by atoms with Crippen LogP contribution in [0.3, 0.4) is 0 Å². The molecule has 0 saturated heterocycles. The predicted octanol–water partition coefficient (Wildman–Crippen LogP) is 1.14. The lowest BCUT2D eigenvalue weighted by Gasteiger charge is -2.45. The van der Waals surface area contributed by atoms with Crippen LogP contribution in [0.2, 0.25) is 0 Å². The van der Waals surface area contributed by atoms with E-state index in [4.69, 9.17) is 53.7 Å². The molecule has 0 radical (unpaired) electrons. The van der Waals surface area contributed by atoms with Crippen LogP contribution in [0.4, 0.5) is 0 Å². The Morgan fingerprint density at radius 2 is 1.90 bits per heavy atom. The van der Waals surface area contributed by atoms with Crippen LogP contribution in [0.1, 0.15) is 49.3 Å². The number of allylic oxidation sites excluding steroid dienone is 1. The molecule has 1 amide bonds. The zero-order valence-corrected chi connectivity index (χ0v) is 24.0. The molecule has 1 aromatic carbocycles. The van der Waals surface area contributed by atoms with Crippen LogP contribution >= 0.6 is 11.3 Å². The minimum atomic E-state index is -2.11. The summed E-state index contributed by atoms with van der Waals surface area (Å²) in [7, 11) is 1.60. The van der Waals surface area contributed by atoms with Crippen LogP contribution < -0.4 is 43.9 Å². The first-order valence-electron chi connectivity index (χ1n) is 12.4. The molecule has 0 spiro atoms. The third-order valence-electron chi connectivity index (χ3n) is 6.21. The Bertz CT molecular complexity index is 1430. The Kier molecular flexibility index (Phi) is 7.83. The van der Waals surface area contributed by atoms with E-state index in [0.29, 0.717) is 22.8 Å².